The van der Waals surface area contributed by atoms with Crippen LogP contribution >= 0.6 is 0 Å². The lowest BCUT2D eigenvalue weighted by atomic mass is 9.97. The van der Waals surface area contributed by atoms with Crippen molar-refractivity contribution in [3.05, 3.63) is 0 Å². The van der Waals surface area contributed by atoms with Crippen LogP contribution in [-0.4, -0.2) is 58.6 Å². The molecule has 4 nitrogen and oxygen atoms in total. The number of carbonyl (C=O) groups is 1. The smallest absolute Gasteiger partial charge is 0.237 e. The summed E-state index contributed by atoms with van der Waals surface area (Å²) in [6.45, 7) is 12.4. The van der Waals surface area contributed by atoms with Crippen LogP contribution < -0.4 is 0 Å². The highest BCUT2D eigenvalue weighted by molar-refractivity contribution is 5.78. The third-order valence-corrected chi connectivity index (χ3v) is 3.70. The van der Waals surface area contributed by atoms with Crippen LogP contribution in [0, 0.1) is 5.92 Å². The van der Waals surface area contributed by atoms with Gasteiger partial charge < -0.3 is 10.0 Å². The van der Waals surface area contributed by atoms with E-state index >= 15 is 0 Å². The summed E-state index contributed by atoms with van der Waals surface area (Å²) in [7, 11) is 0. The van der Waals surface area contributed by atoms with E-state index in [1.807, 2.05) is 11.8 Å². The van der Waals surface area contributed by atoms with Crippen LogP contribution in [0.3, 0.4) is 0 Å². The van der Waals surface area contributed by atoms with Gasteiger partial charge >= 0.3 is 0 Å². The molecule has 1 heterocycles. The van der Waals surface area contributed by atoms with Crippen LogP contribution in [0.5, 0.6) is 0 Å². The fourth-order valence-electron chi connectivity index (χ4n) is 2.81. The highest BCUT2D eigenvalue weighted by Crippen LogP contribution is 2.17. The van der Waals surface area contributed by atoms with Crippen molar-refractivity contribution in [1.82, 2.24) is 9.80 Å². The van der Waals surface area contributed by atoms with Gasteiger partial charge in [-0.05, 0) is 40.0 Å². The van der Waals surface area contributed by atoms with E-state index in [0.29, 0.717) is 6.54 Å². The first-order valence-corrected chi connectivity index (χ1v) is 7.04. The van der Waals surface area contributed by atoms with E-state index in [4.69, 9.17) is 0 Å². The molecule has 0 saturated carbocycles. The van der Waals surface area contributed by atoms with Gasteiger partial charge in [0.2, 0.25) is 5.91 Å². The van der Waals surface area contributed by atoms with E-state index in [2.05, 4.69) is 32.6 Å². The first-order valence-electron chi connectivity index (χ1n) is 7.04. The Bertz CT molecular complexity index is 271. The highest BCUT2D eigenvalue weighted by Gasteiger charge is 2.28. The quantitative estimate of drug-likeness (QED) is 0.825. The maximum Gasteiger partial charge on any atom is 0.237 e. The predicted octanol–water partition coefficient (Wildman–Crippen LogP) is 1.33. The van der Waals surface area contributed by atoms with Gasteiger partial charge in [-0.15, -0.1) is 0 Å². The second kappa shape index (κ2) is 6.53. The van der Waals surface area contributed by atoms with Crippen molar-refractivity contribution in [2.75, 3.05) is 19.6 Å². The summed E-state index contributed by atoms with van der Waals surface area (Å²) in [5, 5.41) is 9.69. The normalized spacial score (nSPS) is 25.8. The summed E-state index contributed by atoms with van der Waals surface area (Å²) in [4.78, 5) is 16.4. The van der Waals surface area contributed by atoms with E-state index in [-0.39, 0.29) is 30.0 Å². The van der Waals surface area contributed by atoms with Gasteiger partial charge in [-0.3, -0.25) is 9.69 Å². The Balaban J connectivity index is 2.53. The lowest BCUT2D eigenvalue weighted by molar-refractivity contribution is -0.137. The molecule has 4 heteroatoms. The zero-order valence-electron chi connectivity index (χ0n) is 12.4. The van der Waals surface area contributed by atoms with Crippen molar-refractivity contribution in [2.45, 2.75) is 59.2 Å². The minimum Gasteiger partial charge on any atom is -0.393 e. The Morgan fingerprint density at radius 2 is 1.89 bits per heavy atom. The Hall–Kier alpha value is -0.610. The van der Waals surface area contributed by atoms with E-state index < -0.39 is 0 Å². The first kappa shape index (κ1) is 15.4. The number of hydrogen-bond donors (Lipinski definition) is 1. The van der Waals surface area contributed by atoms with Crippen LogP contribution in [0.4, 0.5) is 0 Å². The average molecular weight is 256 g/mol. The number of carbonyl (C=O) groups excluding carboxylic acids is 1. The molecule has 106 valence electrons. The van der Waals surface area contributed by atoms with Gasteiger partial charge in [0.1, 0.15) is 0 Å². The van der Waals surface area contributed by atoms with Crippen LogP contribution in [-0.2, 0) is 4.79 Å². The molecule has 1 amide bonds. The third kappa shape index (κ3) is 3.95. The van der Waals surface area contributed by atoms with Gasteiger partial charge in [0.15, 0.2) is 0 Å². The van der Waals surface area contributed by atoms with Crippen molar-refractivity contribution in [3.8, 4) is 0 Å². The average Bonchev–Trinajstić information content (AvgIpc) is 2.22. The first-order chi connectivity index (χ1) is 8.32. The molecule has 0 spiro atoms. The highest BCUT2D eigenvalue weighted by atomic mass is 16.3. The predicted molar refractivity (Wildman–Crippen MR) is 73.3 cm³/mol. The standard InChI is InChI=1S/C14H28N2O2/c1-10(2)16(11(3)4)14(18)9-15-7-6-13(17)12(5)8-15/h10-13,17H,6-9H2,1-5H3. The van der Waals surface area contributed by atoms with Crippen molar-refractivity contribution in [3.63, 3.8) is 0 Å². The van der Waals surface area contributed by atoms with E-state index in [9.17, 15) is 9.90 Å². The minimum atomic E-state index is -0.206. The maximum absolute atomic E-state index is 12.3. The molecule has 0 aromatic carbocycles. The number of rotatable bonds is 4. The van der Waals surface area contributed by atoms with E-state index in [1.54, 1.807) is 0 Å². The Kier molecular flexibility index (Phi) is 5.60. The van der Waals surface area contributed by atoms with Gasteiger partial charge in [0.05, 0.1) is 12.6 Å². The lowest BCUT2D eigenvalue weighted by Crippen LogP contribution is -2.50. The zero-order chi connectivity index (χ0) is 13.9. The van der Waals surface area contributed by atoms with Crippen molar-refractivity contribution in [2.24, 2.45) is 5.92 Å². The Morgan fingerprint density at radius 1 is 1.33 bits per heavy atom. The number of aliphatic hydroxyl groups is 1. The molecule has 1 aliphatic heterocycles. The summed E-state index contributed by atoms with van der Waals surface area (Å²) in [5.74, 6) is 0.460. The largest absolute Gasteiger partial charge is 0.393 e. The molecule has 1 saturated heterocycles. The Morgan fingerprint density at radius 3 is 2.33 bits per heavy atom. The molecule has 1 aliphatic rings. The lowest BCUT2D eigenvalue weighted by Gasteiger charge is -2.37. The van der Waals surface area contributed by atoms with Crippen LogP contribution in [0.25, 0.3) is 0 Å². The molecule has 0 radical (unpaired) electrons. The molecular weight excluding hydrogens is 228 g/mol. The van der Waals surface area contributed by atoms with Crippen LogP contribution in [0.15, 0.2) is 0 Å². The molecule has 2 atom stereocenters. The zero-order valence-corrected chi connectivity index (χ0v) is 12.4. The van der Waals surface area contributed by atoms with E-state index in [0.717, 1.165) is 19.5 Å². The molecule has 0 aromatic rings. The fraction of sp³-hybridized carbons (Fsp3) is 0.929. The van der Waals surface area contributed by atoms with Crippen LogP contribution in [0.1, 0.15) is 41.0 Å². The second-order valence-electron chi connectivity index (χ2n) is 6.06. The molecule has 0 aliphatic carbocycles. The Labute approximate surface area is 111 Å². The number of nitrogens with zero attached hydrogens (tertiary/aromatic N) is 2. The number of piperidine rings is 1. The second-order valence-corrected chi connectivity index (χ2v) is 6.06. The van der Waals surface area contributed by atoms with E-state index in [1.165, 1.54) is 0 Å². The minimum absolute atomic E-state index is 0.198. The summed E-state index contributed by atoms with van der Waals surface area (Å²) in [5.41, 5.74) is 0. The number of amides is 1. The number of hydrogen-bond acceptors (Lipinski definition) is 3. The van der Waals surface area contributed by atoms with Gasteiger partial charge in [-0.2, -0.15) is 0 Å². The molecule has 1 N–H and O–H groups in total. The number of aliphatic hydroxyl groups excluding tert-OH is 1. The molecule has 0 bridgehead atoms. The summed E-state index contributed by atoms with van der Waals surface area (Å²) < 4.78 is 0. The topological polar surface area (TPSA) is 43.8 Å². The third-order valence-electron chi connectivity index (χ3n) is 3.70. The monoisotopic (exact) mass is 256 g/mol. The molecular formula is C14H28N2O2. The number of likely N-dealkylation sites (tertiary alicyclic amines) is 1. The van der Waals surface area contributed by atoms with Gasteiger partial charge in [0.25, 0.3) is 0 Å². The SMILES string of the molecule is CC1CN(CC(=O)N(C(C)C)C(C)C)CCC1O. The summed E-state index contributed by atoms with van der Waals surface area (Å²) in [6, 6.07) is 0.482. The van der Waals surface area contributed by atoms with Gasteiger partial charge in [0, 0.05) is 25.2 Å². The maximum atomic E-state index is 12.3. The molecule has 1 rings (SSSR count). The molecule has 18 heavy (non-hydrogen) atoms. The van der Waals surface area contributed by atoms with Crippen molar-refractivity contribution in [1.29, 1.82) is 0 Å². The fourth-order valence-corrected chi connectivity index (χ4v) is 2.81. The van der Waals surface area contributed by atoms with Gasteiger partial charge in [-0.25, -0.2) is 0 Å². The summed E-state index contributed by atoms with van der Waals surface area (Å²) in [6.07, 6.45) is 0.570. The molecule has 1 fully saturated rings. The van der Waals surface area contributed by atoms with Crippen LogP contribution in [0.2, 0.25) is 0 Å². The molecule has 0 aromatic heterocycles. The summed E-state index contributed by atoms with van der Waals surface area (Å²) >= 11 is 0. The van der Waals surface area contributed by atoms with Crippen molar-refractivity contribution >= 4 is 5.91 Å². The van der Waals surface area contributed by atoms with Crippen molar-refractivity contribution < 1.29 is 9.90 Å². The molecule has 2 unspecified atom stereocenters. The van der Waals surface area contributed by atoms with Gasteiger partial charge in [-0.1, -0.05) is 6.92 Å².